The highest BCUT2D eigenvalue weighted by molar-refractivity contribution is 5.71. The molecule has 1 rings (SSSR count). The highest BCUT2D eigenvalue weighted by atomic mass is 16.3. The van der Waals surface area contributed by atoms with E-state index in [1.807, 2.05) is 0 Å². The number of amides is 2. The minimum atomic E-state index is -0.336. The van der Waals surface area contributed by atoms with Gasteiger partial charge in [-0.3, -0.25) is 4.90 Å². The fourth-order valence-corrected chi connectivity index (χ4v) is 2.29. The lowest BCUT2D eigenvalue weighted by Gasteiger charge is -2.23. The van der Waals surface area contributed by atoms with Gasteiger partial charge in [-0.2, -0.15) is 0 Å². The maximum atomic E-state index is 11.1. The van der Waals surface area contributed by atoms with Gasteiger partial charge in [0.1, 0.15) is 0 Å². The van der Waals surface area contributed by atoms with Crippen molar-refractivity contribution < 1.29 is 9.90 Å². The summed E-state index contributed by atoms with van der Waals surface area (Å²) in [5.74, 6) is 0.633. The SMILES string of the molecule is CC(C)CCC(O)CN1CCCN(C(N)=O)CC1. The Morgan fingerprint density at radius 3 is 2.56 bits per heavy atom. The topological polar surface area (TPSA) is 69.8 Å². The van der Waals surface area contributed by atoms with Crippen molar-refractivity contribution in [2.45, 2.75) is 39.2 Å². The Kier molecular flexibility index (Phi) is 6.43. The van der Waals surface area contributed by atoms with Gasteiger partial charge in [-0.25, -0.2) is 4.79 Å². The molecule has 1 atom stereocenters. The Balaban J connectivity index is 2.28. The number of aliphatic hydroxyl groups excluding tert-OH is 1. The van der Waals surface area contributed by atoms with Crippen molar-refractivity contribution in [3.8, 4) is 0 Å². The lowest BCUT2D eigenvalue weighted by atomic mass is 10.0. The van der Waals surface area contributed by atoms with Crippen LogP contribution in [-0.4, -0.2) is 59.8 Å². The van der Waals surface area contributed by atoms with Gasteiger partial charge >= 0.3 is 6.03 Å². The van der Waals surface area contributed by atoms with Crippen LogP contribution in [0.25, 0.3) is 0 Å². The van der Waals surface area contributed by atoms with Crippen molar-refractivity contribution in [1.29, 1.82) is 0 Å². The predicted molar refractivity (Wildman–Crippen MR) is 72.3 cm³/mol. The molecule has 0 radical (unpaired) electrons. The zero-order valence-corrected chi connectivity index (χ0v) is 11.6. The summed E-state index contributed by atoms with van der Waals surface area (Å²) in [6.07, 6.45) is 2.59. The maximum Gasteiger partial charge on any atom is 0.314 e. The lowest BCUT2D eigenvalue weighted by molar-refractivity contribution is 0.102. The van der Waals surface area contributed by atoms with Gasteiger partial charge in [-0.15, -0.1) is 0 Å². The Bertz CT molecular complexity index is 259. The van der Waals surface area contributed by atoms with E-state index in [0.29, 0.717) is 19.0 Å². The van der Waals surface area contributed by atoms with Crippen molar-refractivity contribution in [2.75, 3.05) is 32.7 Å². The van der Waals surface area contributed by atoms with E-state index in [2.05, 4.69) is 18.7 Å². The van der Waals surface area contributed by atoms with Crippen LogP contribution in [-0.2, 0) is 0 Å². The number of primary amides is 1. The normalized spacial score (nSPS) is 19.9. The first-order valence-electron chi connectivity index (χ1n) is 6.94. The fraction of sp³-hybridized carbons (Fsp3) is 0.923. The monoisotopic (exact) mass is 257 g/mol. The number of aliphatic hydroxyl groups is 1. The van der Waals surface area contributed by atoms with E-state index < -0.39 is 0 Å². The summed E-state index contributed by atoms with van der Waals surface area (Å²) in [7, 11) is 0. The standard InChI is InChI=1S/C13H27N3O2/c1-11(2)4-5-12(17)10-15-6-3-7-16(9-8-15)13(14)18/h11-12,17H,3-10H2,1-2H3,(H2,14,18). The maximum absolute atomic E-state index is 11.1. The fourth-order valence-electron chi connectivity index (χ4n) is 2.29. The van der Waals surface area contributed by atoms with Crippen molar-refractivity contribution in [3.63, 3.8) is 0 Å². The minimum absolute atomic E-state index is 0.257. The van der Waals surface area contributed by atoms with Crippen LogP contribution in [0.5, 0.6) is 0 Å². The molecule has 1 fully saturated rings. The highest BCUT2D eigenvalue weighted by Crippen LogP contribution is 2.09. The number of hydrogen-bond acceptors (Lipinski definition) is 3. The van der Waals surface area contributed by atoms with E-state index in [1.54, 1.807) is 4.90 Å². The van der Waals surface area contributed by atoms with Crippen molar-refractivity contribution in [1.82, 2.24) is 9.80 Å². The van der Waals surface area contributed by atoms with Gasteiger partial charge in [0.25, 0.3) is 0 Å². The zero-order chi connectivity index (χ0) is 13.5. The zero-order valence-electron chi connectivity index (χ0n) is 11.6. The van der Waals surface area contributed by atoms with E-state index in [4.69, 9.17) is 5.73 Å². The summed E-state index contributed by atoms with van der Waals surface area (Å²) in [5, 5.41) is 9.97. The van der Waals surface area contributed by atoms with E-state index in [9.17, 15) is 9.90 Å². The van der Waals surface area contributed by atoms with E-state index in [1.165, 1.54) is 0 Å². The number of hydrogen-bond donors (Lipinski definition) is 2. The number of carbonyl (C=O) groups excluding carboxylic acids is 1. The smallest absolute Gasteiger partial charge is 0.314 e. The molecule has 1 heterocycles. The average molecular weight is 257 g/mol. The first kappa shape index (κ1) is 15.2. The van der Waals surface area contributed by atoms with Crippen LogP contribution in [0.1, 0.15) is 33.1 Å². The van der Waals surface area contributed by atoms with Gasteiger partial charge in [-0.05, 0) is 31.7 Å². The third-order valence-electron chi connectivity index (χ3n) is 3.45. The van der Waals surface area contributed by atoms with Crippen LogP contribution < -0.4 is 5.73 Å². The van der Waals surface area contributed by atoms with Gasteiger partial charge in [0.2, 0.25) is 0 Å². The summed E-state index contributed by atoms with van der Waals surface area (Å²) in [6, 6.07) is -0.336. The molecule has 5 heteroatoms. The largest absolute Gasteiger partial charge is 0.392 e. The van der Waals surface area contributed by atoms with Crippen LogP contribution in [0.2, 0.25) is 0 Å². The lowest BCUT2D eigenvalue weighted by Crippen LogP contribution is -2.39. The summed E-state index contributed by atoms with van der Waals surface area (Å²) in [5.41, 5.74) is 5.28. The summed E-state index contributed by atoms with van der Waals surface area (Å²) in [6.45, 7) is 8.19. The predicted octanol–water partition coefficient (Wildman–Crippen LogP) is 0.870. The molecular formula is C13H27N3O2. The molecule has 1 saturated heterocycles. The van der Waals surface area contributed by atoms with Gasteiger partial charge in [0.15, 0.2) is 0 Å². The van der Waals surface area contributed by atoms with Crippen LogP contribution in [0.15, 0.2) is 0 Å². The quantitative estimate of drug-likeness (QED) is 0.768. The van der Waals surface area contributed by atoms with Crippen LogP contribution in [0.3, 0.4) is 0 Å². The molecule has 0 aromatic heterocycles. The molecule has 0 bridgehead atoms. The van der Waals surface area contributed by atoms with Gasteiger partial charge < -0.3 is 15.7 Å². The second kappa shape index (κ2) is 7.59. The Morgan fingerprint density at radius 2 is 1.94 bits per heavy atom. The molecule has 1 unspecified atom stereocenters. The summed E-state index contributed by atoms with van der Waals surface area (Å²) in [4.78, 5) is 15.0. The molecule has 5 nitrogen and oxygen atoms in total. The first-order valence-corrected chi connectivity index (χ1v) is 6.94. The number of nitrogens with zero attached hydrogens (tertiary/aromatic N) is 2. The number of urea groups is 1. The summed E-state index contributed by atoms with van der Waals surface area (Å²) < 4.78 is 0. The number of carbonyl (C=O) groups is 1. The molecule has 0 aromatic rings. The third-order valence-corrected chi connectivity index (χ3v) is 3.45. The average Bonchev–Trinajstić information content (AvgIpc) is 2.52. The molecule has 2 amide bonds. The second-order valence-corrected chi connectivity index (χ2v) is 5.60. The molecule has 3 N–H and O–H groups in total. The molecule has 0 aromatic carbocycles. The first-order chi connectivity index (χ1) is 8.49. The van der Waals surface area contributed by atoms with Crippen LogP contribution in [0.4, 0.5) is 4.79 Å². The summed E-state index contributed by atoms with van der Waals surface area (Å²) >= 11 is 0. The Labute approximate surface area is 110 Å². The molecule has 0 aliphatic carbocycles. The number of β-amino-alcohol motifs (C(OH)–C–C–N with tert-alkyl or cyclic N) is 1. The molecule has 0 saturated carbocycles. The van der Waals surface area contributed by atoms with E-state index in [-0.39, 0.29) is 12.1 Å². The number of nitrogens with two attached hydrogens (primary N) is 1. The van der Waals surface area contributed by atoms with Crippen molar-refractivity contribution in [2.24, 2.45) is 11.7 Å². The Morgan fingerprint density at radius 1 is 1.22 bits per heavy atom. The van der Waals surface area contributed by atoms with Crippen molar-refractivity contribution in [3.05, 3.63) is 0 Å². The number of rotatable bonds is 5. The Hall–Kier alpha value is -0.810. The molecule has 1 aliphatic heterocycles. The molecule has 0 spiro atoms. The molecule has 1 aliphatic rings. The van der Waals surface area contributed by atoms with Crippen molar-refractivity contribution >= 4 is 6.03 Å². The van der Waals surface area contributed by atoms with Crippen LogP contribution >= 0.6 is 0 Å². The van der Waals surface area contributed by atoms with Crippen LogP contribution in [0, 0.1) is 5.92 Å². The second-order valence-electron chi connectivity index (χ2n) is 5.60. The molecular weight excluding hydrogens is 230 g/mol. The molecule has 18 heavy (non-hydrogen) atoms. The molecule has 106 valence electrons. The highest BCUT2D eigenvalue weighted by Gasteiger charge is 2.18. The van der Waals surface area contributed by atoms with Gasteiger partial charge in [0.05, 0.1) is 6.10 Å². The third kappa shape index (κ3) is 5.69. The minimum Gasteiger partial charge on any atom is -0.392 e. The van der Waals surface area contributed by atoms with Gasteiger partial charge in [0, 0.05) is 26.2 Å². The van der Waals surface area contributed by atoms with Gasteiger partial charge in [-0.1, -0.05) is 13.8 Å². The van der Waals surface area contributed by atoms with E-state index in [0.717, 1.165) is 38.9 Å². The van der Waals surface area contributed by atoms with E-state index >= 15 is 0 Å².